The van der Waals surface area contributed by atoms with Crippen molar-refractivity contribution >= 4 is 29.5 Å². The number of hydrogen-bond donors (Lipinski definition) is 2. The Balaban J connectivity index is 2.18. The standard InChI is InChI=1S/C12H19N3O3S2/c1-19-9-4-2-3-8(5-9)15-10(6-16)13-14-12(15)20-7-11(17)18/h8-9,16H,2-7H2,1H3,(H,17,18). The van der Waals surface area contributed by atoms with E-state index in [4.69, 9.17) is 5.11 Å². The topological polar surface area (TPSA) is 88.2 Å². The van der Waals surface area contributed by atoms with Gasteiger partial charge in [0.25, 0.3) is 0 Å². The molecule has 2 atom stereocenters. The number of aliphatic hydroxyl groups is 1. The first-order chi connectivity index (χ1) is 9.65. The van der Waals surface area contributed by atoms with E-state index < -0.39 is 5.97 Å². The van der Waals surface area contributed by atoms with Gasteiger partial charge in [-0.15, -0.1) is 10.2 Å². The van der Waals surface area contributed by atoms with E-state index in [0.29, 0.717) is 16.2 Å². The lowest BCUT2D eigenvalue weighted by atomic mass is 9.95. The molecule has 1 aromatic heterocycles. The molecule has 0 aromatic carbocycles. The molecule has 2 N–H and O–H groups in total. The van der Waals surface area contributed by atoms with Crippen LogP contribution in [0.4, 0.5) is 0 Å². The summed E-state index contributed by atoms with van der Waals surface area (Å²) in [7, 11) is 0. The fourth-order valence-corrected chi connectivity index (χ4v) is 4.14. The molecule has 0 saturated heterocycles. The molecule has 0 radical (unpaired) electrons. The van der Waals surface area contributed by atoms with Crippen LogP contribution < -0.4 is 0 Å². The van der Waals surface area contributed by atoms with E-state index in [2.05, 4.69) is 16.5 Å². The van der Waals surface area contributed by atoms with Crippen molar-refractivity contribution in [3.05, 3.63) is 5.82 Å². The molecule has 6 nitrogen and oxygen atoms in total. The van der Waals surface area contributed by atoms with E-state index in [-0.39, 0.29) is 18.4 Å². The maximum atomic E-state index is 10.7. The largest absolute Gasteiger partial charge is 0.481 e. The van der Waals surface area contributed by atoms with Crippen molar-refractivity contribution in [2.75, 3.05) is 12.0 Å². The van der Waals surface area contributed by atoms with Crippen LogP contribution in [0.15, 0.2) is 5.16 Å². The fourth-order valence-electron chi connectivity index (χ4n) is 2.58. The summed E-state index contributed by atoms with van der Waals surface area (Å²) in [5, 5.41) is 27.4. The number of carboxylic acid groups (broad SMARTS) is 1. The summed E-state index contributed by atoms with van der Waals surface area (Å²) >= 11 is 3.03. The van der Waals surface area contributed by atoms with Crippen LogP contribution in [0, 0.1) is 0 Å². The van der Waals surface area contributed by atoms with Crippen molar-refractivity contribution in [2.24, 2.45) is 0 Å². The highest BCUT2D eigenvalue weighted by atomic mass is 32.2. The predicted octanol–water partition coefficient (Wildman–Crippen LogP) is 1.79. The van der Waals surface area contributed by atoms with Crippen LogP contribution in [-0.2, 0) is 11.4 Å². The minimum absolute atomic E-state index is 0.0394. The zero-order valence-corrected chi connectivity index (χ0v) is 13.0. The van der Waals surface area contributed by atoms with Crippen molar-refractivity contribution in [3.63, 3.8) is 0 Å². The van der Waals surface area contributed by atoms with Crippen LogP contribution in [0.2, 0.25) is 0 Å². The quantitative estimate of drug-likeness (QED) is 0.773. The van der Waals surface area contributed by atoms with Crippen molar-refractivity contribution in [3.8, 4) is 0 Å². The van der Waals surface area contributed by atoms with Gasteiger partial charge in [0.15, 0.2) is 11.0 Å². The molecule has 2 rings (SSSR count). The first kappa shape index (κ1) is 15.7. The average molecular weight is 317 g/mol. The van der Waals surface area contributed by atoms with Crippen LogP contribution in [0.3, 0.4) is 0 Å². The zero-order valence-electron chi connectivity index (χ0n) is 11.4. The van der Waals surface area contributed by atoms with Crippen LogP contribution in [0.25, 0.3) is 0 Å². The highest BCUT2D eigenvalue weighted by molar-refractivity contribution is 7.99. The number of aliphatic hydroxyl groups excluding tert-OH is 1. The van der Waals surface area contributed by atoms with E-state index in [1.165, 1.54) is 18.2 Å². The number of aromatic nitrogens is 3. The van der Waals surface area contributed by atoms with Gasteiger partial charge >= 0.3 is 5.97 Å². The number of nitrogens with zero attached hydrogens (tertiary/aromatic N) is 3. The van der Waals surface area contributed by atoms with Gasteiger partial charge in [0.2, 0.25) is 0 Å². The number of hydrogen-bond acceptors (Lipinski definition) is 6. The van der Waals surface area contributed by atoms with Crippen molar-refractivity contribution in [1.82, 2.24) is 14.8 Å². The number of carboxylic acids is 1. The van der Waals surface area contributed by atoms with Gasteiger partial charge in [-0.1, -0.05) is 18.2 Å². The minimum Gasteiger partial charge on any atom is -0.481 e. The first-order valence-corrected chi connectivity index (χ1v) is 8.85. The molecule has 8 heteroatoms. The third-order valence-corrected chi connectivity index (χ3v) is 5.52. The van der Waals surface area contributed by atoms with Crippen LogP contribution in [0.1, 0.15) is 37.5 Å². The Bertz CT molecular complexity index is 467. The smallest absolute Gasteiger partial charge is 0.313 e. The highest BCUT2D eigenvalue weighted by Crippen LogP contribution is 2.36. The Morgan fingerprint density at radius 3 is 2.90 bits per heavy atom. The van der Waals surface area contributed by atoms with Gasteiger partial charge in [-0.2, -0.15) is 11.8 Å². The molecule has 0 spiro atoms. The van der Waals surface area contributed by atoms with Gasteiger partial charge in [0, 0.05) is 11.3 Å². The van der Waals surface area contributed by atoms with Gasteiger partial charge < -0.3 is 14.8 Å². The predicted molar refractivity (Wildman–Crippen MR) is 79.1 cm³/mol. The Morgan fingerprint density at radius 1 is 1.45 bits per heavy atom. The molecule has 1 aromatic rings. The second-order valence-corrected chi connectivity index (χ2v) is 6.87. The van der Waals surface area contributed by atoms with E-state index >= 15 is 0 Å². The molecule has 1 fully saturated rings. The van der Waals surface area contributed by atoms with Crippen molar-refractivity contribution in [2.45, 2.75) is 48.7 Å². The molecule has 0 amide bonds. The van der Waals surface area contributed by atoms with Crippen LogP contribution >= 0.6 is 23.5 Å². The van der Waals surface area contributed by atoms with Gasteiger partial charge in [-0.25, -0.2) is 0 Å². The lowest BCUT2D eigenvalue weighted by molar-refractivity contribution is -0.133. The maximum absolute atomic E-state index is 10.7. The number of thioether (sulfide) groups is 2. The average Bonchev–Trinajstić information content (AvgIpc) is 2.88. The molecule has 0 aliphatic heterocycles. The summed E-state index contributed by atoms with van der Waals surface area (Å²) in [5.74, 6) is -0.382. The molecule has 2 unspecified atom stereocenters. The van der Waals surface area contributed by atoms with Crippen LogP contribution in [0.5, 0.6) is 0 Å². The maximum Gasteiger partial charge on any atom is 0.313 e. The lowest BCUT2D eigenvalue weighted by Gasteiger charge is -2.30. The first-order valence-electron chi connectivity index (χ1n) is 6.57. The molecule has 1 saturated carbocycles. The van der Waals surface area contributed by atoms with Crippen molar-refractivity contribution in [1.29, 1.82) is 0 Å². The normalized spacial score (nSPS) is 22.9. The molecule has 20 heavy (non-hydrogen) atoms. The Morgan fingerprint density at radius 2 is 2.25 bits per heavy atom. The summed E-state index contributed by atoms with van der Waals surface area (Å²) in [5.41, 5.74) is 0. The Labute approximate surface area is 126 Å². The fraction of sp³-hybridized carbons (Fsp3) is 0.750. The molecular formula is C12H19N3O3S2. The number of rotatable bonds is 6. The van der Waals surface area contributed by atoms with Crippen LogP contribution in [-0.4, -0.2) is 48.2 Å². The number of carbonyl (C=O) groups is 1. The van der Waals surface area contributed by atoms with Gasteiger partial charge in [-0.3, -0.25) is 4.79 Å². The molecule has 1 aliphatic carbocycles. The van der Waals surface area contributed by atoms with E-state index in [1.807, 2.05) is 16.3 Å². The highest BCUT2D eigenvalue weighted by Gasteiger charge is 2.27. The van der Waals surface area contributed by atoms with E-state index in [1.54, 1.807) is 0 Å². The third kappa shape index (κ3) is 3.67. The minimum atomic E-state index is -0.874. The van der Waals surface area contributed by atoms with E-state index in [0.717, 1.165) is 19.3 Å². The second kappa shape index (κ2) is 7.33. The molecular weight excluding hydrogens is 298 g/mol. The summed E-state index contributed by atoms with van der Waals surface area (Å²) in [6.07, 6.45) is 6.52. The van der Waals surface area contributed by atoms with Gasteiger partial charge in [0.05, 0.1) is 5.75 Å². The number of aliphatic carboxylic acids is 1. The summed E-state index contributed by atoms with van der Waals surface area (Å²) in [6.45, 7) is -0.166. The third-order valence-electron chi connectivity index (χ3n) is 3.50. The van der Waals surface area contributed by atoms with Gasteiger partial charge in [0.1, 0.15) is 6.61 Å². The molecule has 0 bridgehead atoms. The second-order valence-electron chi connectivity index (χ2n) is 4.79. The SMILES string of the molecule is CSC1CCCC(n2c(CO)nnc2SCC(=O)O)C1. The van der Waals surface area contributed by atoms with Crippen molar-refractivity contribution < 1.29 is 15.0 Å². The lowest BCUT2D eigenvalue weighted by Crippen LogP contribution is -2.23. The Hall–Kier alpha value is -0.730. The summed E-state index contributed by atoms with van der Waals surface area (Å²) in [4.78, 5) is 10.7. The Kier molecular flexibility index (Phi) is 5.74. The summed E-state index contributed by atoms with van der Waals surface area (Å²) < 4.78 is 1.94. The molecule has 1 heterocycles. The molecule has 112 valence electrons. The van der Waals surface area contributed by atoms with Gasteiger partial charge in [-0.05, 0) is 25.5 Å². The zero-order chi connectivity index (χ0) is 14.5. The summed E-state index contributed by atoms with van der Waals surface area (Å²) in [6, 6.07) is 0.259. The van der Waals surface area contributed by atoms with E-state index in [9.17, 15) is 9.90 Å². The monoisotopic (exact) mass is 317 g/mol. The molecule has 1 aliphatic rings.